The Labute approximate surface area is 133 Å². The van der Waals surface area contributed by atoms with Crippen molar-refractivity contribution in [2.24, 2.45) is 5.73 Å². The summed E-state index contributed by atoms with van der Waals surface area (Å²) < 4.78 is 12.2. The van der Waals surface area contributed by atoms with E-state index in [1.807, 2.05) is 24.3 Å². The molecule has 2 N–H and O–H groups in total. The first kappa shape index (κ1) is 14.4. The molecule has 3 nitrogen and oxygen atoms in total. The van der Waals surface area contributed by atoms with Gasteiger partial charge in [-0.2, -0.15) is 0 Å². The summed E-state index contributed by atoms with van der Waals surface area (Å²) in [7, 11) is 1.66. The molecule has 110 valence electrons. The van der Waals surface area contributed by atoms with Crippen LogP contribution >= 0.6 is 15.9 Å². The smallest absolute Gasteiger partial charge is 0.120 e. The van der Waals surface area contributed by atoms with Gasteiger partial charge in [-0.1, -0.05) is 22.0 Å². The highest BCUT2D eigenvalue weighted by Gasteiger charge is 2.19. The van der Waals surface area contributed by atoms with Crippen LogP contribution in [0.4, 0.5) is 0 Å². The zero-order chi connectivity index (χ0) is 14.8. The lowest BCUT2D eigenvalue weighted by atomic mass is 10.1. The number of methoxy groups -OCH3 is 1. The lowest BCUT2D eigenvalue weighted by Crippen LogP contribution is -2.05. The van der Waals surface area contributed by atoms with Crippen LogP contribution in [0, 0.1) is 0 Å². The van der Waals surface area contributed by atoms with Crippen molar-refractivity contribution in [3.8, 4) is 11.5 Å². The Bertz CT molecular complexity index is 657. The first-order chi connectivity index (χ1) is 10.2. The largest absolute Gasteiger partial charge is 0.497 e. The average molecular weight is 348 g/mol. The number of aryl methyl sites for hydroxylation is 1. The van der Waals surface area contributed by atoms with Crippen LogP contribution in [-0.2, 0) is 13.0 Å². The second-order valence-corrected chi connectivity index (χ2v) is 6.11. The summed E-state index contributed by atoms with van der Waals surface area (Å²) in [5.41, 5.74) is 9.68. The molecule has 0 amide bonds. The second kappa shape index (κ2) is 6.08. The molecule has 0 heterocycles. The highest BCUT2D eigenvalue weighted by molar-refractivity contribution is 9.10. The van der Waals surface area contributed by atoms with E-state index in [-0.39, 0.29) is 6.04 Å². The van der Waals surface area contributed by atoms with Crippen molar-refractivity contribution in [2.75, 3.05) is 7.11 Å². The van der Waals surface area contributed by atoms with Crippen molar-refractivity contribution in [1.29, 1.82) is 0 Å². The summed E-state index contributed by atoms with van der Waals surface area (Å²) in [6.45, 7) is 0.503. The summed E-state index contributed by atoms with van der Waals surface area (Å²) in [4.78, 5) is 0. The Morgan fingerprint density at radius 1 is 1.19 bits per heavy atom. The van der Waals surface area contributed by atoms with E-state index in [0.29, 0.717) is 6.61 Å². The second-order valence-electron chi connectivity index (χ2n) is 5.25. The molecule has 0 radical (unpaired) electrons. The Kier molecular flexibility index (Phi) is 4.17. The fraction of sp³-hybridized carbons (Fsp3) is 0.294. The summed E-state index contributed by atoms with van der Waals surface area (Å²) >= 11 is 3.54. The molecule has 2 aromatic rings. The van der Waals surface area contributed by atoms with Gasteiger partial charge >= 0.3 is 0 Å². The maximum absolute atomic E-state index is 6.05. The molecule has 0 fully saturated rings. The van der Waals surface area contributed by atoms with E-state index in [1.54, 1.807) is 7.11 Å². The average Bonchev–Trinajstić information content (AvgIpc) is 2.87. The van der Waals surface area contributed by atoms with Crippen molar-refractivity contribution in [3.05, 3.63) is 57.6 Å². The minimum atomic E-state index is 0.182. The highest BCUT2D eigenvalue weighted by Crippen LogP contribution is 2.32. The van der Waals surface area contributed by atoms with Crippen molar-refractivity contribution < 1.29 is 9.47 Å². The number of benzene rings is 2. The topological polar surface area (TPSA) is 44.5 Å². The van der Waals surface area contributed by atoms with Crippen molar-refractivity contribution in [3.63, 3.8) is 0 Å². The Hall–Kier alpha value is -1.52. The number of hydrogen-bond donors (Lipinski definition) is 1. The maximum atomic E-state index is 6.05. The Balaban J connectivity index is 1.73. The Morgan fingerprint density at radius 3 is 2.81 bits per heavy atom. The van der Waals surface area contributed by atoms with E-state index < -0.39 is 0 Å². The quantitative estimate of drug-likeness (QED) is 0.909. The molecule has 1 aliphatic carbocycles. The number of nitrogens with two attached hydrogens (primary N) is 1. The van der Waals surface area contributed by atoms with Crippen molar-refractivity contribution >= 4 is 15.9 Å². The van der Waals surface area contributed by atoms with Crippen LogP contribution in [0.3, 0.4) is 0 Å². The van der Waals surface area contributed by atoms with Gasteiger partial charge in [-0.3, -0.25) is 0 Å². The molecule has 3 rings (SSSR count). The van der Waals surface area contributed by atoms with Gasteiger partial charge in [-0.05, 0) is 54.3 Å². The molecular weight excluding hydrogens is 330 g/mol. The lowest BCUT2D eigenvalue weighted by molar-refractivity contribution is 0.304. The molecule has 1 atom stereocenters. The van der Waals surface area contributed by atoms with Gasteiger partial charge in [0.15, 0.2) is 0 Å². The van der Waals surface area contributed by atoms with Gasteiger partial charge in [0.05, 0.1) is 7.11 Å². The zero-order valence-electron chi connectivity index (χ0n) is 11.9. The molecule has 0 aromatic heterocycles. The third-order valence-corrected chi connectivity index (χ3v) is 4.66. The molecule has 4 heteroatoms. The summed E-state index contributed by atoms with van der Waals surface area (Å²) in [6.07, 6.45) is 2.07. The van der Waals surface area contributed by atoms with Crippen molar-refractivity contribution in [2.45, 2.75) is 25.5 Å². The van der Waals surface area contributed by atoms with Gasteiger partial charge in [0.25, 0.3) is 0 Å². The van der Waals surface area contributed by atoms with Crippen LogP contribution in [-0.4, -0.2) is 7.11 Å². The van der Waals surface area contributed by atoms with Gasteiger partial charge in [-0.25, -0.2) is 0 Å². The van der Waals surface area contributed by atoms with E-state index >= 15 is 0 Å². The normalized spacial score (nSPS) is 16.6. The fourth-order valence-electron chi connectivity index (χ4n) is 2.67. The minimum Gasteiger partial charge on any atom is -0.497 e. The molecule has 0 saturated heterocycles. The molecule has 0 saturated carbocycles. The third kappa shape index (κ3) is 3.06. The maximum Gasteiger partial charge on any atom is 0.120 e. The molecule has 2 aromatic carbocycles. The summed E-state index contributed by atoms with van der Waals surface area (Å²) in [6, 6.07) is 12.2. The van der Waals surface area contributed by atoms with Gasteiger partial charge in [-0.15, -0.1) is 0 Å². The standard InChI is InChI=1S/C17H18BrNO2/c1-20-13-4-6-16(18)12(9-13)10-21-14-3-5-15-11(8-14)2-7-17(15)19/h3-6,8-9,17H,2,7,10,19H2,1H3. The monoisotopic (exact) mass is 347 g/mol. The third-order valence-electron chi connectivity index (χ3n) is 3.89. The van der Waals surface area contributed by atoms with Crippen LogP contribution in [0.1, 0.15) is 29.2 Å². The highest BCUT2D eigenvalue weighted by atomic mass is 79.9. The van der Waals surface area contributed by atoms with E-state index in [2.05, 4.69) is 28.1 Å². The van der Waals surface area contributed by atoms with E-state index in [1.165, 1.54) is 11.1 Å². The first-order valence-electron chi connectivity index (χ1n) is 7.01. The molecule has 21 heavy (non-hydrogen) atoms. The van der Waals surface area contributed by atoms with Gasteiger partial charge in [0.1, 0.15) is 18.1 Å². The van der Waals surface area contributed by atoms with Crippen LogP contribution in [0.15, 0.2) is 40.9 Å². The minimum absolute atomic E-state index is 0.182. The molecule has 1 aliphatic rings. The molecule has 0 bridgehead atoms. The first-order valence-corrected chi connectivity index (χ1v) is 7.80. The van der Waals surface area contributed by atoms with E-state index in [9.17, 15) is 0 Å². The van der Waals surface area contributed by atoms with Crippen molar-refractivity contribution in [1.82, 2.24) is 0 Å². The van der Waals surface area contributed by atoms with Crippen LogP contribution in [0.5, 0.6) is 11.5 Å². The van der Waals surface area contributed by atoms with Crippen LogP contribution in [0.25, 0.3) is 0 Å². The predicted molar refractivity (Wildman–Crippen MR) is 86.7 cm³/mol. The number of rotatable bonds is 4. The van der Waals surface area contributed by atoms with Gasteiger partial charge < -0.3 is 15.2 Å². The lowest BCUT2D eigenvalue weighted by Gasteiger charge is -2.11. The van der Waals surface area contributed by atoms with Gasteiger partial charge in [0, 0.05) is 16.1 Å². The fourth-order valence-corrected chi connectivity index (χ4v) is 3.03. The van der Waals surface area contributed by atoms with Crippen LogP contribution in [0.2, 0.25) is 0 Å². The zero-order valence-corrected chi connectivity index (χ0v) is 13.5. The number of hydrogen-bond acceptors (Lipinski definition) is 3. The number of halogens is 1. The van der Waals surface area contributed by atoms with E-state index in [0.717, 1.165) is 34.4 Å². The van der Waals surface area contributed by atoms with E-state index in [4.69, 9.17) is 15.2 Å². The molecule has 0 aliphatic heterocycles. The van der Waals surface area contributed by atoms with Gasteiger partial charge in [0.2, 0.25) is 0 Å². The molecule has 1 unspecified atom stereocenters. The number of fused-ring (bicyclic) bond motifs is 1. The molecular formula is C17H18BrNO2. The summed E-state index contributed by atoms with van der Waals surface area (Å²) in [5.74, 6) is 1.72. The van der Waals surface area contributed by atoms with Crippen LogP contribution < -0.4 is 15.2 Å². The SMILES string of the molecule is COc1ccc(Br)c(COc2ccc3c(c2)CCC3N)c1. The predicted octanol–water partition coefficient (Wildman–Crippen LogP) is 3.98. The summed E-state index contributed by atoms with van der Waals surface area (Å²) in [5, 5.41) is 0. The molecule has 0 spiro atoms. The Morgan fingerprint density at radius 2 is 2.00 bits per heavy atom. The number of ether oxygens (including phenoxy) is 2.